The smallest absolute Gasteiger partial charge is 0.243 e. The van der Waals surface area contributed by atoms with Crippen LogP contribution in [0.15, 0.2) is 40.6 Å². The molecule has 8 heteroatoms. The second kappa shape index (κ2) is 7.06. The highest BCUT2D eigenvalue weighted by Gasteiger charge is 2.23. The summed E-state index contributed by atoms with van der Waals surface area (Å²) in [5.74, 6) is -0.936. The van der Waals surface area contributed by atoms with Gasteiger partial charge in [-0.15, -0.1) is 11.3 Å². The lowest BCUT2D eigenvalue weighted by atomic mass is 10.2. The van der Waals surface area contributed by atoms with E-state index in [9.17, 15) is 12.8 Å². The van der Waals surface area contributed by atoms with E-state index in [1.807, 2.05) is 36.5 Å². The van der Waals surface area contributed by atoms with Crippen LogP contribution in [0.4, 0.5) is 4.39 Å². The number of sulfonamides is 1. The van der Waals surface area contributed by atoms with E-state index in [1.165, 1.54) is 29.5 Å². The minimum absolute atomic E-state index is 0.128. The maximum absolute atomic E-state index is 13.9. The Morgan fingerprint density at radius 3 is 2.64 bits per heavy atom. The van der Waals surface area contributed by atoms with Crippen molar-refractivity contribution < 1.29 is 12.8 Å². The van der Waals surface area contributed by atoms with Crippen LogP contribution in [-0.4, -0.2) is 34.0 Å². The monoisotopic (exact) mass is 362 g/mol. The fourth-order valence-corrected chi connectivity index (χ4v) is 4.27. The second-order valence-electron chi connectivity index (χ2n) is 4.90. The third kappa shape index (κ3) is 3.85. The molecule has 1 aromatic heterocycles. The second-order valence-corrected chi connectivity index (χ2v) is 8.02. The number of hydrogen-bond acceptors (Lipinski definition) is 4. The number of nitrogens with one attached hydrogen (secondary N) is 1. The number of rotatable bonds is 6. The minimum atomic E-state index is -3.96. The SMILES string of the molecule is CN(C)[C@@H](CNS(=O)(=O)c1cccc(Cl)c1F)c1cccs1. The largest absolute Gasteiger partial charge is 0.300 e. The summed E-state index contributed by atoms with van der Waals surface area (Å²) in [4.78, 5) is 2.49. The van der Waals surface area contributed by atoms with Gasteiger partial charge in [-0.3, -0.25) is 0 Å². The van der Waals surface area contributed by atoms with Crippen molar-refractivity contribution in [2.24, 2.45) is 0 Å². The molecule has 120 valence electrons. The summed E-state index contributed by atoms with van der Waals surface area (Å²) in [5, 5.41) is 1.71. The molecular weight excluding hydrogens is 347 g/mol. The van der Waals surface area contributed by atoms with Gasteiger partial charge in [0, 0.05) is 11.4 Å². The van der Waals surface area contributed by atoms with Crippen molar-refractivity contribution in [3.8, 4) is 0 Å². The molecule has 22 heavy (non-hydrogen) atoms. The lowest BCUT2D eigenvalue weighted by Crippen LogP contribution is -2.34. The average molecular weight is 363 g/mol. The molecule has 0 fully saturated rings. The van der Waals surface area contributed by atoms with Gasteiger partial charge in [-0.1, -0.05) is 23.7 Å². The topological polar surface area (TPSA) is 49.4 Å². The summed E-state index contributed by atoms with van der Waals surface area (Å²) in [5.41, 5.74) is 0. The number of halogens is 2. The number of nitrogens with zero attached hydrogens (tertiary/aromatic N) is 1. The summed E-state index contributed by atoms with van der Waals surface area (Å²) in [6.45, 7) is 0.141. The molecule has 1 heterocycles. The van der Waals surface area contributed by atoms with Crippen LogP contribution in [0.1, 0.15) is 10.9 Å². The molecule has 2 aromatic rings. The van der Waals surface area contributed by atoms with Gasteiger partial charge in [0.15, 0.2) is 5.82 Å². The zero-order chi connectivity index (χ0) is 16.3. The van der Waals surface area contributed by atoms with Crippen LogP contribution in [0.5, 0.6) is 0 Å². The lowest BCUT2D eigenvalue weighted by molar-refractivity contribution is 0.303. The number of thiophene rings is 1. The van der Waals surface area contributed by atoms with Gasteiger partial charge < -0.3 is 4.90 Å². The summed E-state index contributed by atoms with van der Waals surface area (Å²) in [7, 11) is -0.245. The molecule has 1 N–H and O–H groups in total. The van der Waals surface area contributed by atoms with Crippen molar-refractivity contribution in [1.82, 2.24) is 9.62 Å². The number of benzene rings is 1. The maximum atomic E-state index is 13.9. The van der Waals surface area contributed by atoms with Gasteiger partial charge in [0.1, 0.15) is 4.90 Å². The summed E-state index contributed by atoms with van der Waals surface area (Å²) in [6, 6.07) is 7.62. The van der Waals surface area contributed by atoms with E-state index in [1.54, 1.807) is 0 Å². The average Bonchev–Trinajstić information content (AvgIpc) is 2.95. The molecule has 2 rings (SSSR count). The third-order valence-corrected chi connectivity index (χ3v) is 5.87. The Hall–Kier alpha value is -0.990. The predicted molar refractivity (Wildman–Crippen MR) is 87.3 cm³/mol. The third-order valence-electron chi connectivity index (χ3n) is 3.17. The Bertz CT molecular complexity index is 733. The molecule has 0 radical (unpaired) electrons. The zero-order valence-corrected chi connectivity index (χ0v) is 14.5. The van der Waals surface area contributed by atoms with Crippen molar-refractivity contribution in [2.45, 2.75) is 10.9 Å². The Morgan fingerprint density at radius 1 is 1.32 bits per heavy atom. The van der Waals surface area contributed by atoms with Crippen molar-refractivity contribution >= 4 is 33.0 Å². The van der Waals surface area contributed by atoms with Crippen molar-refractivity contribution in [3.05, 3.63) is 51.4 Å². The Kier molecular flexibility index (Phi) is 5.57. The molecule has 0 unspecified atom stereocenters. The molecule has 0 amide bonds. The molecule has 0 spiro atoms. The van der Waals surface area contributed by atoms with Crippen LogP contribution in [-0.2, 0) is 10.0 Å². The molecule has 0 aliphatic rings. The van der Waals surface area contributed by atoms with Crippen LogP contribution < -0.4 is 4.72 Å². The lowest BCUT2D eigenvalue weighted by Gasteiger charge is -2.23. The molecule has 4 nitrogen and oxygen atoms in total. The Balaban J connectivity index is 2.20. The Labute approximate surface area is 138 Å². The highest BCUT2D eigenvalue weighted by molar-refractivity contribution is 7.89. The van der Waals surface area contributed by atoms with Gasteiger partial charge >= 0.3 is 0 Å². The first-order valence-electron chi connectivity index (χ1n) is 6.46. The first kappa shape index (κ1) is 17.4. The van der Waals surface area contributed by atoms with Crippen LogP contribution in [0, 0.1) is 5.82 Å². The zero-order valence-electron chi connectivity index (χ0n) is 12.1. The summed E-state index contributed by atoms with van der Waals surface area (Å²) in [6.07, 6.45) is 0. The van der Waals surface area contributed by atoms with Crippen molar-refractivity contribution in [3.63, 3.8) is 0 Å². The van der Waals surface area contributed by atoms with Gasteiger partial charge in [0.25, 0.3) is 0 Å². The van der Waals surface area contributed by atoms with E-state index in [-0.39, 0.29) is 17.6 Å². The van der Waals surface area contributed by atoms with Crippen molar-refractivity contribution in [1.29, 1.82) is 0 Å². The normalized spacial score (nSPS) is 13.5. The van der Waals surface area contributed by atoms with Gasteiger partial charge in [0.2, 0.25) is 10.0 Å². The predicted octanol–water partition coefficient (Wildman–Crippen LogP) is 3.12. The van der Waals surface area contributed by atoms with Gasteiger partial charge in [0.05, 0.1) is 11.1 Å². The molecule has 0 aliphatic heterocycles. The van der Waals surface area contributed by atoms with Gasteiger partial charge in [-0.05, 0) is 37.7 Å². The number of likely N-dealkylation sites (N-methyl/N-ethyl adjacent to an activating group) is 1. The first-order chi connectivity index (χ1) is 10.3. The number of hydrogen-bond donors (Lipinski definition) is 1. The molecule has 1 atom stereocenters. The highest BCUT2D eigenvalue weighted by atomic mass is 35.5. The fraction of sp³-hybridized carbons (Fsp3) is 0.286. The standard InChI is InChI=1S/C14H16ClFN2O2S2/c1-18(2)11(12-6-4-8-21-12)9-17-22(19,20)13-7-3-5-10(15)14(13)16/h3-8,11,17H,9H2,1-2H3/t11-/m0/s1. The summed E-state index contributed by atoms with van der Waals surface area (Å²) >= 11 is 7.18. The van der Waals surface area contributed by atoms with Crippen LogP contribution in [0.25, 0.3) is 0 Å². The van der Waals surface area contributed by atoms with Gasteiger partial charge in [-0.2, -0.15) is 0 Å². The van der Waals surface area contributed by atoms with Gasteiger partial charge in [-0.25, -0.2) is 17.5 Å². The minimum Gasteiger partial charge on any atom is -0.300 e. The van der Waals surface area contributed by atoms with E-state index < -0.39 is 20.7 Å². The molecular formula is C14H16ClFN2O2S2. The quantitative estimate of drug-likeness (QED) is 0.858. The molecule has 0 aliphatic carbocycles. The molecule has 0 saturated carbocycles. The van der Waals surface area contributed by atoms with E-state index in [2.05, 4.69) is 4.72 Å². The van der Waals surface area contributed by atoms with Crippen LogP contribution in [0.3, 0.4) is 0 Å². The maximum Gasteiger partial charge on any atom is 0.243 e. The van der Waals surface area contributed by atoms with Crippen LogP contribution in [0.2, 0.25) is 5.02 Å². The summed E-state index contributed by atoms with van der Waals surface area (Å²) < 4.78 is 40.9. The van der Waals surface area contributed by atoms with E-state index in [4.69, 9.17) is 11.6 Å². The van der Waals surface area contributed by atoms with Crippen LogP contribution >= 0.6 is 22.9 Å². The first-order valence-corrected chi connectivity index (χ1v) is 9.20. The molecule has 0 bridgehead atoms. The molecule has 1 aromatic carbocycles. The fourth-order valence-electron chi connectivity index (χ4n) is 1.98. The van der Waals surface area contributed by atoms with E-state index >= 15 is 0 Å². The molecule has 0 saturated heterocycles. The van der Waals surface area contributed by atoms with E-state index in [0.29, 0.717) is 0 Å². The van der Waals surface area contributed by atoms with E-state index in [0.717, 1.165) is 4.88 Å². The Morgan fingerprint density at radius 2 is 2.05 bits per heavy atom. The highest BCUT2D eigenvalue weighted by Crippen LogP contribution is 2.25. The van der Waals surface area contributed by atoms with Crippen molar-refractivity contribution in [2.75, 3.05) is 20.6 Å².